The molecule has 21 heavy (non-hydrogen) atoms. The Balaban J connectivity index is 2.06. The van der Waals surface area contributed by atoms with Crippen LogP contribution < -0.4 is 0 Å². The topological polar surface area (TPSA) is 49.5 Å². The zero-order valence-corrected chi connectivity index (χ0v) is 13.0. The molecule has 4 nitrogen and oxygen atoms in total. The van der Waals surface area contributed by atoms with Crippen LogP contribution in [0.15, 0.2) is 34.9 Å². The number of benzene rings is 1. The van der Waals surface area contributed by atoms with E-state index in [1.165, 1.54) is 5.56 Å². The Morgan fingerprint density at radius 2 is 1.95 bits per heavy atom. The average molecular weight is 288 g/mol. The number of aryl methyl sites for hydroxylation is 1. The van der Waals surface area contributed by atoms with E-state index < -0.39 is 0 Å². The minimum atomic E-state index is 0.219. The summed E-state index contributed by atoms with van der Waals surface area (Å²) < 4.78 is 5.59. The molecule has 4 heteroatoms. The molecule has 0 fully saturated rings. The molecule has 0 atom stereocenters. The molecule has 0 radical (unpaired) electrons. The van der Waals surface area contributed by atoms with Gasteiger partial charge in [0.2, 0.25) is 5.89 Å². The van der Waals surface area contributed by atoms with Crippen molar-refractivity contribution in [3.05, 3.63) is 41.8 Å². The molecular formula is C17H24N2O2. The Morgan fingerprint density at radius 1 is 1.24 bits per heavy atom. The highest BCUT2D eigenvalue weighted by Gasteiger charge is 2.13. The second-order valence-electron chi connectivity index (χ2n) is 5.65. The third-order valence-electron chi connectivity index (χ3n) is 3.55. The highest BCUT2D eigenvalue weighted by atomic mass is 16.3. The molecule has 1 aromatic heterocycles. The van der Waals surface area contributed by atoms with Gasteiger partial charge in [0.05, 0.1) is 5.69 Å². The van der Waals surface area contributed by atoms with Gasteiger partial charge in [0.1, 0.15) is 6.26 Å². The number of nitrogens with zero attached hydrogens (tertiary/aromatic N) is 2. The van der Waals surface area contributed by atoms with Crippen molar-refractivity contribution < 1.29 is 9.52 Å². The second-order valence-corrected chi connectivity index (χ2v) is 5.65. The summed E-state index contributed by atoms with van der Waals surface area (Å²) in [5.41, 5.74) is 3.15. The molecule has 0 saturated carbocycles. The van der Waals surface area contributed by atoms with Crippen molar-refractivity contribution in [2.45, 2.75) is 39.8 Å². The Labute approximate surface area is 126 Å². The van der Waals surface area contributed by atoms with E-state index in [1.807, 2.05) is 12.1 Å². The van der Waals surface area contributed by atoms with Gasteiger partial charge < -0.3 is 9.52 Å². The summed E-state index contributed by atoms with van der Waals surface area (Å²) in [6.07, 6.45) is 2.50. The van der Waals surface area contributed by atoms with E-state index in [9.17, 15) is 0 Å². The summed E-state index contributed by atoms with van der Waals surface area (Å²) in [6.45, 7) is 8.19. The number of hydrogen-bond donors (Lipinski definition) is 1. The lowest BCUT2D eigenvalue weighted by Gasteiger charge is -2.24. The van der Waals surface area contributed by atoms with Crippen LogP contribution in [0.1, 0.15) is 31.5 Å². The van der Waals surface area contributed by atoms with Gasteiger partial charge in [0, 0.05) is 31.3 Å². The Kier molecular flexibility index (Phi) is 5.53. The monoisotopic (exact) mass is 288 g/mol. The molecule has 1 aromatic carbocycles. The first kappa shape index (κ1) is 15.7. The largest absolute Gasteiger partial charge is 0.444 e. The van der Waals surface area contributed by atoms with Crippen LogP contribution in [0.25, 0.3) is 11.5 Å². The molecule has 0 saturated heterocycles. The molecular weight excluding hydrogens is 264 g/mol. The minimum Gasteiger partial charge on any atom is -0.444 e. The van der Waals surface area contributed by atoms with Crippen LogP contribution >= 0.6 is 0 Å². The van der Waals surface area contributed by atoms with E-state index >= 15 is 0 Å². The van der Waals surface area contributed by atoms with E-state index in [-0.39, 0.29) is 6.61 Å². The molecule has 0 aliphatic carbocycles. The molecule has 2 aromatic rings. The van der Waals surface area contributed by atoms with Gasteiger partial charge >= 0.3 is 0 Å². The van der Waals surface area contributed by atoms with Gasteiger partial charge in [0.15, 0.2) is 0 Å². The van der Waals surface area contributed by atoms with Crippen LogP contribution in [0.3, 0.4) is 0 Å². The third kappa shape index (κ3) is 4.41. The summed E-state index contributed by atoms with van der Waals surface area (Å²) in [6, 6.07) is 8.58. The molecule has 1 N–H and O–H groups in total. The molecule has 2 rings (SSSR count). The molecule has 0 amide bonds. The maximum Gasteiger partial charge on any atom is 0.226 e. The molecule has 0 unspecified atom stereocenters. The van der Waals surface area contributed by atoms with Gasteiger partial charge in [-0.1, -0.05) is 17.7 Å². The maximum absolute atomic E-state index is 8.98. The van der Waals surface area contributed by atoms with Gasteiger partial charge in [-0.2, -0.15) is 0 Å². The Morgan fingerprint density at radius 3 is 2.57 bits per heavy atom. The first-order chi connectivity index (χ1) is 10.1. The number of aromatic nitrogens is 1. The standard InChI is InChI=1S/C17H24N2O2/c1-13(2)19(9-4-10-20)11-16-12-21-17(18-16)15-7-5-14(3)6-8-15/h5-8,12-13,20H,4,9-11H2,1-3H3. The number of rotatable bonds is 7. The fourth-order valence-corrected chi connectivity index (χ4v) is 2.21. The van der Waals surface area contributed by atoms with Crippen molar-refractivity contribution in [1.29, 1.82) is 0 Å². The summed E-state index contributed by atoms with van der Waals surface area (Å²) in [5.74, 6) is 0.663. The van der Waals surface area contributed by atoms with Crippen molar-refractivity contribution in [2.24, 2.45) is 0 Å². The van der Waals surface area contributed by atoms with Crippen molar-refractivity contribution in [1.82, 2.24) is 9.88 Å². The quantitative estimate of drug-likeness (QED) is 0.849. The molecule has 0 bridgehead atoms. The zero-order valence-electron chi connectivity index (χ0n) is 13.0. The molecule has 0 spiro atoms. The van der Waals surface area contributed by atoms with Gasteiger partial charge in [0.25, 0.3) is 0 Å². The van der Waals surface area contributed by atoms with Crippen LogP contribution in [-0.2, 0) is 6.54 Å². The smallest absolute Gasteiger partial charge is 0.226 e. The first-order valence-corrected chi connectivity index (χ1v) is 7.46. The first-order valence-electron chi connectivity index (χ1n) is 7.46. The predicted octanol–water partition coefficient (Wildman–Crippen LogP) is 3.24. The van der Waals surface area contributed by atoms with Crippen molar-refractivity contribution in [3.63, 3.8) is 0 Å². The number of oxazole rings is 1. The van der Waals surface area contributed by atoms with Crippen LogP contribution in [0, 0.1) is 6.92 Å². The molecule has 0 aliphatic rings. The normalized spacial score (nSPS) is 11.5. The van der Waals surface area contributed by atoms with Crippen LogP contribution in [0.5, 0.6) is 0 Å². The van der Waals surface area contributed by atoms with E-state index in [4.69, 9.17) is 9.52 Å². The summed E-state index contributed by atoms with van der Waals surface area (Å²) in [5, 5.41) is 8.98. The maximum atomic E-state index is 8.98. The molecule has 114 valence electrons. The highest BCUT2D eigenvalue weighted by Crippen LogP contribution is 2.20. The lowest BCUT2D eigenvalue weighted by Crippen LogP contribution is -2.31. The Hall–Kier alpha value is -1.65. The van der Waals surface area contributed by atoms with Gasteiger partial charge in [-0.15, -0.1) is 0 Å². The molecule has 1 heterocycles. The summed E-state index contributed by atoms with van der Waals surface area (Å²) in [4.78, 5) is 6.85. The zero-order chi connectivity index (χ0) is 15.2. The van der Waals surface area contributed by atoms with E-state index in [1.54, 1.807) is 6.26 Å². The summed E-state index contributed by atoms with van der Waals surface area (Å²) >= 11 is 0. The van der Waals surface area contributed by atoms with Crippen LogP contribution in [-0.4, -0.2) is 34.2 Å². The van der Waals surface area contributed by atoms with E-state index in [0.717, 1.165) is 30.8 Å². The minimum absolute atomic E-state index is 0.219. The van der Waals surface area contributed by atoms with E-state index in [0.29, 0.717) is 11.9 Å². The van der Waals surface area contributed by atoms with Gasteiger partial charge in [-0.05, 0) is 39.3 Å². The number of hydrogen-bond acceptors (Lipinski definition) is 4. The summed E-state index contributed by atoms with van der Waals surface area (Å²) in [7, 11) is 0. The van der Waals surface area contributed by atoms with Crippen LogP contribution in [0.2, 0.25) is 0 Å². The molecule has 0 aliphatic heterocycles. The lowest BCUT2D eigenvalue weighted by molar-refractivity contribution is 0.183. The number of aliphatic hydroxyl groups excluding tert-OH is 1. The van der Waals surface area contributed by atoms with Crippen molar-refractivity contribution >= 4 is 0 Å². The van der Waals surface area contributed by atoms with E-state index in [2.05, 4.69) is 42.8 Å². The lowest BCUT2D eigenvalue weighted by atomic mass is 10.1. The second kappa shape index (κ2) is 7.38. The van der Waals surface area contributed by atoms with Gasteiger partial charge in [-0.3, -0.25) is 4.90 Å². The van der Waals surface area contributed by atoms with Gasteiger partial charge in [-0.25, -0.2) is 4.98 Å². The fraction of sp³-hybridized carbons (Fsp3) is 0.471. The highest BCUT2D eigenvalue weighted by molar-refractivity contribution is 5.53. The predicted molar refractivity (Wildman–Crippen MR) is 83.9 cm³/mol. The number of aliphatic hydroxyl groups is 1. The fourth-order valence-electron chi connectivity index (χ4n) is 2.21. The van der Waals surface area contributed by atoms with Crippen molar-refractivity contribution in [2.75, 3.05) is 13.2 Å². The average Bonchev–Trinajstić information content (AvgIpc) is 2.92. The SMILES string of the molecule is Cc1ccc(-c2nc(CN(CCCO)C(C)C)co2)cc1. The van der Waals surface area contributed by atoms with Crippen molar-refractivity contribution in [3.8, 4) is 11.5 Å². The van der Waals surface area contributed by atoms with Crippen LogP contribution in [0.4, 0.5) is 0 Å². The third-order valence-corrected chi connectivity index (χ3v) is 3.55. The Bertz CT molecular complexity index is 546.